The van der Waals surface area contributed by atoms with Crippen LogP contribution in [-0.4, -0.2) is 41.0 Å². The second-order valence-corrected chi connectivity index (χ2v) is 6.36. The van der Waals surface area contributed by atoms with Crippen molar-refractivity contribution in [3.63, 3.8) is 0 Å². The summed E-state index contributed by atoms with van der Waals surface area (Å²) in [7, 11) is 0. The van der Waals surface area contributed by atoms with E-state index < -0.39 is 11.4 Å². The van der Waals surface area contributed by atoms with Crippen molar-refractivity contribution in [1.82, 2.24) is 4.90 Å². The average molecular weight is 282 g/mol. The topological polar surface area (TPSA) is 83.6 Å². The maximum Gasteiger partial charge on any atom is 0.311 e. The molecule has 2 aliphatic rings. The zero-order valence-corrected chi connectivity index (χ0v) is 12.3. The minimum Gasteiger partial charge on any atom is -0.481 e. The number of carboxylic acid groups (broad SMARTS) is 1. The number of carboxylic acids is 1. The molecule has 114 valence electrons. The molecule has 1 saturated heterocycles. The van der Waals surface area contributed by atoms with Gasteiger partial charge in [0.15, 0.2) is 0 Å². The Morgan fingerprint density at radius 3 is 2.60 bits per heavy atom. The van der Waals surface area contributed by atoms with Crippen molar-refractivity contribution in [2.24, 2.45) is 17.1 Å². The highest BCUT2D eigenvalue weighted by Gasteiger charge is 2.46. The maximum absolute atomic E-state index is 12.6. The summed E-state index contributed by atoms with van der Waals surface area (Å²) in [6.45, 7) is 2.79. The van der Waals surface area contributed by atoms with Crippen LogP contribution in [0.3, 0.4) is 0 Å². The smallest absolute Gasteiger partial charge is 0.311 e. The summed E-state index contributed by atoms with van der Waals surface area (Å²) in [6.07, 6.45) is 6.18. The Bertz CT molecular complexity index is 385. The molecular formula is C15H26N2O3. The monoisotopic (exact) mass is 282 g/mol. The Hall–Kier alpha value is -1.10. The molecule has 2 rings (SSSR count). The Morgan fingerprint density at radius 1 is 1.30 bits per heavy atom. The zero-order valence-electron chi connectivity index (χ0n) is 12.3. The van der Waals surface area contributed by atoms with E-state index in [2.05, 4.69) is 0 Å². The van der Waals surface area contributed by atoms with Crippen LogP contribution in [-0.2, 0) is 9.59 Å². The Kier molecular flexibility index (Phi) is 4.68. The lowest BCUT2D eigenvalue weighted by molar-refractivity contribution is -0.149. The molecule has 5 nitrogen and oxygen atoms in total. The van der Waals surface area contributed by atoms with Gasteiger partial charge in [0.05, 0.1) is 11.3 Å². The summed E-state index contributed by atoms with van der Waals surface area (Å²) in [5, 5.41) is 9.41. The highest BCUT2D eigenvalue weighted by molar-refractivity contribution is 5.82. The molecule has 0 bridgehead atoms. The fraction of sp³-hybridized carbons (Fsp3) is 0.867. The van der Waals surface area contributed by atoms with Gasteiger partial charge in [-0.1, -0.05) is 26.2 Å². The molecule has 2 fully saturated rings. The molecule has 1 aliphatic heterocycles. The van der Waals surface area contributed by atoms with E-state index in [0.717, 1.165) is 32.1 Å². The van der Waals surface area contributed by atoms with Gasteiger partial charge in [-0.3, -0.25) is 9.59 Å². The third-order valence-corrected chi connectivity index (χ3v) is 5.18. The number of likely N-dealkylation sites (tertiary alicyclic amines) is 1. The van der Waals surface area contributed by atoms with E-state index >= 15 is 0 Å². The zero-order chi connectivity index (χ0) is 14.8. The van der Waals surface area contributed by atoms with E-state index in [1.807, 2.05) is 6.92 Å². The number of aliphatic carboxylic acids is 1. The first kappa shape index (κ1) is 15.3. The van der Waals surface area contributed by atoms with Gasteiger partial charge in [-0.05, 0) is 25.7 Å². The molecule has 0 radical (unpaired) electrons. The molecule has 5 heteroatoms. The lowest BCUT2D eigenvalue weighted by atomic mass is 9.84. The number of rotatable bonds is 3. The van der Waals surface area contributed by atoms with Crippen molar-refractivity contribution in [2.45, 2.75) is 57.9 Å². The lowest BCUT2D eigenvalue weighted by Gasteiger charge is -2.28. The summed E-state index contributed by atoms with van der Waals surface area (Å²) >= 11 is 0. The van der Waals surface area contributed by atoms with Crippen LogP contribution in [0, 0.1) is 11.3 Å². The first-order valence-electron chi connectivity index (χ1n) is 7.78. The largest absolute Gasteiger partial charge is 0.481 e. The molecule has 1 saturated carbocycles. The fourth-order valence-corrected chi connectivity index (χ4v) is 3.55. The third-order valence-electron chi connectivity index (χ3n) is 5.18. The molecule has 1 heterocycles. The van der Waals surface area contributed by atoms with E-state index in [1.165, 1.54) is 0 Å². The molecule has 3 atom stereocenters. The molecule has 0 spiro atoms. The standard InChI is InChI=1S/C15H26N2O3/c1-2-15(14(19)20)8-9-17(10-15)13(18)11-6-4-3-5-7-12(11)16/h11-12H,2-10,16H2,1H3,(H,19,20). The number of amides is 1. The Balaban J connectivity index is 2.05. The summed E-state index contributed by atoms with van der Waals surface area (Å²) in [4.78, 5) is 25.8. The van der Waals surface area contributed by atoms with Crippen molar-refractivity contribution < 1.29 is 14.7 Å². The number of nitrogens with zero attached hydrogens (tertiary/aromatic N) is 1. The molecule has 0 aromatic rings. The minimum atomic E-state index is -0.777. The van der Waals surface area contributed by atoms with Crippen LogP contribution in [0.5, 0.6) is 0 Å². The van der Waals surface area contributed by atoms with E-state index in [9.17, 15) is 14.7 Å². The molecule has 1 amide bonds. The van der Waals surface area contributed by atoms with E-state index in [0.29, 0.717) is 25.9 Å². The molecular weight excluding hydrogens is 256 g/mol. The number of carbonyl (C=O) groups is 2. The minimum absolute atomic E-state index is 0.0635. The molecule has 1 aliphatic carbocycles. The molecule has 0 aromatic carbocycles. The van der Waals surface area contributed by atoms with Gasteiger partial charge < -0.3 is 15.7 Å². The second-order valence-electron chi connectivity index (χ2n) is 6.36. The van der Waals surface area contributed by atoms with Gasteiger partial charge >= 0.3 is 5.97 Å². The predicted octanol–water partition coefficient (Wildman–Crippen LogP) is 1.61. The second kappa shape index (κ2) is 6.12. The predicted molar refractivity (Wildman–Crippen MR) is 76.1 cm³/mol. The number of carbonyl (C=O) groups excluding carboxylic acids is 1. The maximum atomic E-state index is 12.6. The summed E-state index contributed by atoms with van der Waals surface area (Å²) in [5.74, 6) is -0.810. The molecule has 3 N–H and O–H groups in total. The SMILES string of the molecule is CCC1(C(=O)O)CCN(C(=O)C2CCCCCC2N)C1. The number of hydrogen-bond acceptors (Lipinski definition) is 3. The highest BCUT2D eigenvalue weighted by atomic mass is 16.4. The quantitative estimate of drug-likeness (QED) is 0.770. The van der Waals surface area contributed by atoms with Crippen molar-refractivity contribution in [3.05, 3.63) is 0 Å². The van der Waals surface area contributed by atoms with Crippen molar-refractivity contribution in [2.75, 3.05) is 13.1 Å². The van der Waals surface area contributed by atoms with Crippen LogP contribution in [0.25, 0.3) is 0 Å². The summed E-state index contributed by atoms with van der Waals surface area (Å²) < 4.78 is 0. The van der Waals surface area contributed by atoms with Crippen LogP contribution in [0.2, 0.25) is 0 Å². The van der Waals surface area contributed by atoms with E-state index in [4.69, 9.17) is 5.73 Å². The molecule has 0 aromatic heterocycles. The Labute approximate surface area is 120 Å². The number of nitrogens with two attached hydrogens (primary N) is 1. The van der Waals surface area contributed by atoms with Crippen LogP contribution < -0.4 is 5.73 Å². The first-order valence-corrected chi connectivity index (χ1v) is 7.78. The van der Waals surface area contributed by atoms with Gasteiger partial charge in [-0.15, -0.1) is 0 Å². The van der Waals surface area contributed by atoms with Gasteiger partial charge in [0, 0.05) is 19.1 Å². The average Bonchev–Trinajstić information content (AvgIpc) is 2.77. The van der Waals surface area contributed by atoms with E-state index in [-0.39, 0.29) is 17.9 Å². The van der Waals surface area contributed by atoms with Gasteiger partial charge in [-0.25, -0.2) is 0 Å². The van der Waals surface area contributed by atoms with Gasteiger partial charge in [-0.2, -0.15) is 0 Å². The van der Waals surface area contributed by atoms with Crippen LogP contribution in [0.4, 0.5) is 0 Å². The first-order chi connectivity index (χ1) is 9.50. The van der Waals surface area contributed by atoms with Gasteiger partial charge in [0.1, 0.15) is 0 Å². The Morgan fingerprint density at radius 2 is 2.00 bits per heavy atom. The summed E-state index contributed by atoms with van der Waals surface area (Å²) in [6, 6.07) is -0.0635. The molecule has 20 heavy (non-hydrogen) atoms. The fourth-order valence-electron chi connectivity index (χ4n) is 3.55. The summed E-state index contributed by atoms with van der Waals surface area (Å²) in [5.41, 5.74) is 5.40. The normalized spacial score (nSPS) is 34.8. The third kappa shape index (κ3) is 2.82. The van der Waals surface area contributed by atoms with Crippen LogP contribution >= 0.6 is 0 Å². The lowest BCUT2D eigenvalue weighted by Crippen LogP contribution is -2.44. The number of hydrogen-bond donors (Lipinski definition) is 2. The highest BCUT2D eigenvalue weighted by Crippen LogP contribution is 2.36. The van der Waals surface area contributed by atoms with Crippen LogP contribution in [0.15, 0.2) is 0 Å². The van der Waals surface area contributed by atoms with Gasteiger partial charge in [0.25, 0.3) is 0 Å². The van der Waals surface area contributed by atoms with Crippen molar-refractivity contribution in [1.29, 1.82) is 0 Å². The molecule has 3 unspecified atom stereocenters. The van der Waals surface area contributed by atoms with Crippen LogP contribution in [0.1, 0.15) is 51.9 Å². The van der Waals surface area contributed by atoms with Gasteiger partial charge in [0.2, 0.25) is 5.91 Å². The van der Waals surface area contributed by atoms with Crippen molar-refractivity contribution in [3.8, 4) is 0 Å². The van der Waals surface area contributed by atoms with E-state index in [1.54, 1.807) is 4.90 Å². The van der Waals surface area contributed by atoms with Crippen molar-refractivity contribution >= 4 is 11.9 Å².